The molecule has 0 aliphatic rings. The van der Waals surface area contributed by atoms with Crippen molar-refractivity contribution < 1.29 is 27.9 Å². The second kappa shape index (κ2) is 35.1. The molecule has 0 saturated carbocycles. The van der Waals surface area contributed by atoms with Gasteiger partial charge in [-0.1, -0.05) is 13.1 Å². The van der Waals surface area contributed by atoms with Crippen molar-refractivity contribution in [1.82, 2.24) is 0 Å². The van der Waals surface area contributed by atoms with Gasteiger partial charge in [0.05, 0.1) is 0 Å². The first-order valence-electron chi connectivity index (χ1n) is 2.24. The molecule has 0 amide bonds. The number of halogens is 2. The Morgan fingerprint density at radius 1 is 1.11 bits per heavy atom. The molecule has 0 atom stereocenters. The van der Waals surface area contributed by atoms with E-state index in [-0.39, 0.29) is 0 Å². The third-order valence-electron chi connectivity index (χ3n) is 0. The molecule has 0 unspecified atom stereocenters. The van der Waals surface area contributed by atoms with E-state index in [1.54, 1.807) is 0 Å². The molecule has 0 aromatic heterocycles. The van der Waals surface area contributed by atoms with Crippen LogP contribution in [0.1, 0.15) is 0 Å². The summed E-state index contributed by atoms with van der Waals surface area (Å²) in [6.07, 6.45) is 0. The van der Waals surface area contributed by atoms with Crippen LogP contribution >= 0.6 is 18.8 Å². The first kappa shape index (κ1) is 16.6. The molecule has 62 valence electrons. The first-order valence-corrected chi connectivity index (χ1v) is 7.87. The van der Waals surface area contributed by atoms with Gasteiger partial charge >= 0.3 is 35.3 Å². The summed E-state index contributed by atoms with van der Waals surface area (Å²) in [5.41, 5.74) is 6.75. The fourth-order valence-corrected chi connectivity index (χ4v) is 0. The molecule has 0 radical (unpaired) electrons. The van der Waals surface area contributed by atoms with Gasteiger partial charge in [0.25, 0.3) is 0 Å². The van der Waals surface area contributed by atoms with Crippen LogP contribution in [0.2, 0.25) is 0 Å². The summed E-state index contributed by atoms with van der Waals surface area (Å²) >= 11 is -0.472. The summed E-state index contributed by atoms with van der Waals surface area (Å²) in [5.74, 6) is 0. The third-order valence-corrected chi connectivity index (χ3v) is 0. The van der Waals surface area contributed by atoms with Crippen LogP contribution in [0.5, 0.6) is 0 Å². The number of quaternary nitrogens is 2. The summed E-state index contributed by atoms with van der Waals surface area (Å²) < 4.78 is 0. The van der Waals surface area contributed by atoms with Gasteiger partial charge in [0, 0.05) is 0 Å². The predicted octanol–water partition coefficient (Wildman–Crippen LogP) is -0.499. The Bertz CT molecular complexity index is 21.3. The Kier molecular flexibility index (Phi) is 65.0. The van der Waals surface area contributed by atoms with Crippen molar-refractivity contribution in [3.05, 3.63) is 13.8 Å². The molecule has 0 spiro atoms. The molecule has 6 N–H and O–H groups in total. The van der Waals surface area contributed by atoms with Crippen LogP contribution < -0.4 is 11.5 Å². The van der Waals surface area contributed by atoms with Crippen LogP contribution in [-0.2, 0) is 16.5 Å². The number of hydrogen-bond acceptors (Lipinski definition) is 0. The van der Waals surface area contributed by atoms with E-state index < -0.39 is 16.5 Å². The van der Waals surface area contributed by atoms with E-state index in [9.17, 15) is 0 Å². The zero-order chi connectivity index (χ0) is 8.12. The maximum absolute atomic E-state index is 4.88. The summed E-state index contributed by atoms with van der Waals surface area (Å²) in [6.45, 7) is 8.25. The second-order valence-electron chi connectivity index (χ2n) is 0.752. The molecule has 0 aromatic carbocycles. The van der Waals surface area contributed by atoms with Crippen molar-refractivity contribution in [1.29, 1.82) is 0 Å². The van der Waals surface area contributed by atoms with Gasteiger partial charge in [-0.15, -0.1) is 0 Å². The molecule has 2 nitrogen and oxygen atoms in total. The SMILES string of the molecule is [CH2-]C[NH3+].[CH2-]C[NH3+].[Cl][Pt+2][Cl]. The molecule has 0 rings (SSSR count). The van der Waals surface area contributed by atoms with E-state index in [1.165, 1.54) is 0 Å². The topological polar surface area (TPSA) is 55.3 Å². The van der Waals surface area contributed by atoms with E-state index in [1.807, 2.05) is 0 Å². The van der Waals surface area contributed by atoms with Crippen LogP contribution in [0.4, 0.5) is 0 Å². The van der Waals surface area contributed by atoms with E-state index in [0.717, 1.165) is 13.1 Å². The molecule has 0 saturated heterocycles. The van der Waals surface area contributed by atoms with E-state index in [2.05, 4.69) is 25.3 Å². The average molecular weight is 356 g/mol. The Morgan fingerprint density at radius 2 is 1.11 bits per heavy atom. The van der Waals surface area contributed by atoms with Gasteiger partial charge in [0.15, 0.2) is 0 Å². The number of hydrogen-bond donors (Lipinski definition) is 2. The zero-order valence-electron chi connectivity index (χ0n) is 5.31. The summed E-state index contributed by atoms with van der Waals surface area (Å²) in [4.78, 5) is 0. The van der Waals surface area contributed by atoms with Crippen LogP contribution in [-0.4, -0.2) is 13.1 Å². The van der Waals surface area contributed by atoms with Gasteiger partial charge in [-0.3, -0.25) is 13.8 Å². The summed E-state index contributed by atoms with van der Waals surface area (Å²) in [6, 6.07) is 0. The van der Waals surface area contributed by atoms with Crippen molar-refractivity contribution in [2.75, 3.05) is 13.1 Å². The molecule has 0 aliphatic carbocycles. The van der Waals surface area contributed by atoms with Crippen molar-refractivity contribution in [2.45, 2.75) is 0 Å². The molecule has 0 bridgehead atoms. The molecular formula is C4H14Cl2N2Pt+2. The molecule has 0 aliphatic heterocycles. The summed E-state index contributed by atoms with van der Waals surface area (Å²) in [5, 5.41) is 0. The van der Waals surface area contributed by atoms with Crippen LogP contribution in [0, 0.1) is 13.8 Å². The number of rotatable bonds is 0. The Morgan fingerprint density at radius 3 is 1.11 bits per heavy atom. The van der Waals surface area contributed by atoms with E-state index in [0.29, 0.717) is 0 Å². The Hall–Kier alpha value is 1.19. The van der Waals surface area contributed by atoms with Gasteiger partial charge in [0.1, 0.15) is 0 Å². The van der Waals surface area contributed by atoms with Crippen molar-refractivity contribution in [2.24, 2.45) is 0 Å². The minimum absolute atomic E-state index is 0.472. The monoisotopic (exact) mass is 355 g/mol. The fraction of sp³-hybridized carbons (Fsp3) is 0.500. The standard InChI is InChI=1S/2C2H6N.2ClH.Pt/c2*1-2-3;;;/h2*1-3H2;2*1H;/q2*-1;;;+4. The van der Waals surface area contributed by atoms with E-state index >= 15 is 0 Å². The van der Waals surface area contributed by atoms with Crippen LogP contribution in [0.15, 0.2) is 0 Å². The molecule has 0 aromatic rings. The minimum atomic E-state index is -0.472. The van der Waals surface area contributed by atoms with Crippen molar-refractivity contribution in [3.63, 3.8) is 0 Å². The molecule has 5 heteroatoms. The summed E-state index contributed by atoms with van der Waals surface area (Å²) in [7, 11) is 9.75. The van der Waals surface area contributed by atoms with E-state index in [4.69, 9.17) is 18.8 Å². The van der Waals surface area contributed by atoms with Crippen LogP contribution in [0.25, 0.3) is 0 Å². The van der Waals surface area contributed by atoms with Gasteiger partial charge in [-0.05, 0) is 0 Å². The van der Waals surface area contributed by atoms with Crippen molar-refractivity contribution in [3.8, 4) is 0 Å². The Balaban J connectivity index is -0.0000000600. The predicted molar refractivity (Wildman–Crippen MR) is 37.9 cm³/mol. The Labute approximate surface area is 73.7 Å². The molecule has 0 fully saturated rings. The van der Waals surface area contributed by atoms with Gasteiger partial charge in [-0.2, -0.15) is 0 Å². The van der Waals surface area contributed by atoms with Gasteiger partial charge in [-0.25, -0.2) is 0 Å². The average Bonchev–Trinajstić information content (AvgIpc) is 1.70. The molecule has 0 heterocycles. The normalized spacial score (nSPS) is 6.44. The third kappa shape index (κ3) is 336. The van der Waals surface area contributed by atoms with Crippen molar-refractivity contribution >= 4 is 18.8 Å². The van der Waals surface area contributed by atoms with Gasteiger partial charge < -0.3 is 11.5 Å². The molecule has 9 heavy (non-hydrogen) atoms. The quantitative estimate of drug-likeness (QED) is 0.550. The maximum atomic E-state index is 4.88. The second-order valence-corrected chi connectivity index (χ2v) is 4.04. The van der Waals surface area contributed by atoms with Crippen LogP contribution in [0.3, 0.4) is 0 Å². The first-order chi connectivity index (χ1) is 4.24. The zero-order valence-corrected chi connectivity index (χ0v) is 9.10. The van der Waals surface area contributed by atoms with Gasteiger partial charge in [0.2, 0.25) is 0 Å². The fourth-order valence-electron chi connectivity index (χ4n) is 0. The molecular weight excluding hydrogens is 342 g/mol.